The molecule has 1 atom stereocenters. The minimum Gasteiger partial charge on any atom is -0.497 e. The normalized spacial score (nSPS) is 16.0. The van der Waals surface area contributed by atoms with Crippen LogP contribution in [0.15, 0.2) is 36.4 Å². The lowest BCUT2D eigenvalue weighted by molar-refractivity contribution is -0.118. The monoisotopic (exact) mass is 426 g/mol. The molecule has 2 aromatic carbocycles. The van der Waals surface area contributed by atoms with E-state index >= 15 is 0 Å². The highest BCUT2D eigenvalue weighted by molar-refractivity contribution is 7.22. The molecule has 1 aliphatic heterocycles. The fourth-order valence-electron chi connectivity index (χ4n) is 3.73. The van der Waals surface area contributed by atoms with E-state index in [1.807, 2.05) is 43.3 Å². The summed E-state index contributed by atoms with van der Waals surface area (Å²) >= 11 is 1.50. The predicted octanol–water partition coefficient (Wildman–Crippen LogP) is 4.38. The summed E-state index contributed by atoms with van der Waals surface area (Å²) in [7, 11) is 3.30. The van der Waals surface area contributed by atoms with Gasteiger partial charge >= 0.3 is 0 Å². The van der Waals surface area contributed by atoms with Gasteiger partial charge in [-0.15, -0.1) is 0 Å². The van der Waals surface area contributed by atoms with Crippen molar-refractivity contribution in [3.63, 3.8) is 0 Å². The number of hydrogen-bond donors (Lipinski definition) is 0. The number of benzene rings is 2. The largest absolute Gasteiger partial charge is 0.497 e. The molecule has 1 aliphatic rings. The van der Waals surface area contributed by atoms with E-state index in [0.29, 0.717) is 18.1 Å². The van der Waals surface area contributed by atoms with E-state index in [0.717, 1.165) is 52.3 Å². The number of ether oxygens (including phenoxy) is 3. The number of carbonyl (C=O) groups excluding carboxylic acids is 1. The van der Waals surface area contributed by atoms with Crippen LogP contribution >= 0.6 is 11.3 Å². The highest BCUT2D eigenvalue weighted by Gasteiger charge is 2.26. The van der Waals surface area contributed by atoms with Crippen molar-refractivity contribution in [2.45, 2.75) is 32.3 Å². The molecule has 1 saturated heterocycles. The summed E-state index contributed by atoms with van der Waals surface area (Å²) in [5, 5.41) is 0.698. The summed E-state index contributed by atoms with van der Waals surface area (Å²) in [4.78, 5) is 19.9. The zero-order valence-electron chi connectivity index (χ0n) is 17.5. The summed E-state index contributed by atoms with van der Waals surface area (Å²) in [5.41, 5.74) is 2.83. The summed E-state index contributed by atoms with van der Waals surface area (Å²) in [6.45, 7) is 3.25. The lowest BCUT2D eigenvalue weighted by Crippen LogP contribution is -2.38. The summed E-state index contributed by atoms with van der Waals surface area (Å²) in [5.74, 6) is 1.62. The van der Waals surface area contributed by atoms with Crippen LogP contribution in [0.5, 0.6) is 11.5 Å². The van der Waals surface area contributed by atoms with Crippen LogP contribution in [0.25, 0.3) is 10.2 Å². The number of nitrogens with zero attached hydrogens (tertiary/aromatic N) is 2. The fraction of sp³-hybridized carbons (Fsp3) is 0.391. The topological polar surface area (TPSA) is 60.9 Å². The molecule has 0 aliphatic carbocycles. The third-order valence-electron chi connectivity index (χ3n) is 5.34. The Morgan fingerprint density at radius 1 is 1.23 bits per heavy atom. The third kappa shape index (κ3) is 4.42. The van der Waals surface area contributed by atoms with Gasteiger partial charge in [-0.25, -0.2) is 4.98 Å². The number of methoxy groups -OCH3 is 2. The highest BCUT2D eigenvalue weighted by atomic mass is 32.1. The van der Waals surface area contributed by atoms with Crippen LogP contribution in [0.3, 0.4) is 0 Å². The van der Waals surface area contributed by atoms with Gasteiger partial charge in [0.15, 0.2) is 5.13 Å². The Hall–Kier alpha value is -2.64. The second kappa shape index (κ2) is 9.02. The van der Waals surface area contributed by atoms with Crippen molar-refractivity contribution in [2.75, 3.05) is 32.3 Å². The molecule has 2 heterocycles. The van der Waals surface area contributed by atoms with Gasteiger partial charge in [-0.3, -0.25) is 9.69 Å². The molecular weight excluding hydrogens is 400 g/mol. The lowest BCUT2D eigenvalue weighted by atomic mass is 10.1. The van der Waals surface area contributed by atoms with E-state index in [9.17, 15) is 4.79 Å². The Kier molecular flexibility index (Phi) is 6.20. The van der Waals surface area contributed by atoms with Crippen LogP contribution < -0.4 is 14.4 Å². The first kappa shape index (κ1) is 20.6. The molecule has 1 amide bonds. The lowest BCUT2D eigenvalue weighted by Gasteiger charge is -2.23. The first-order valence-corrected chi connectivity index (χ1v) is 10.9. The number of aromatic nitrogens is 1. The molecular formula is C23H26N2O4S. The van der Waals surface area contributed by atoms with E-state index in [1.165, 1.54) is 11.3 Å². The van der Waals surface area contributed by atoms with Crippen LogP contribution in [0.1, 0.15) is 24.0 Å². The second-order valence-electron chi connectivity index (χ2n) is 7.45. The summed E-state index contributed by atoms with van der Waals surface area (Å²) in [6, 6.07) is 11.6. The Bertz CT molecular complexity index is 1040. The minimum atomic E-state index is 0.0149. The van der Waals surface area contributed by atoms with Crippen LogP contribution in [-0.4, -0.2) is 44.4 Å². The van der Waals surface area contributed by atoms with Crippen molar-refractivity contribution in [3.05, 3.63) is 47.5 Å². The van der Waals surface area contributed by atoms with Gasteiger partial charge in [-0.05, 0) is 55.2 Å². The van der Waals surface area contributed by atoms with Gasteiger partial charge in [0.1, 0.15) is 11.5 Å². The number of anilines is 1. The molecule has 158 valence electrons. The van der Waals surface area contributed by atoms with E-state index in [-0.39, 0.29) is 12.0 Å². The average molecular weight is 427 g/mol. The fourth-order valence-corrected chi connectivity index (χ4v) is 4.75. The Morgan fingerprint density at radius 3 is 2.80 bits per heavy atom. The van der Waals surface area contributed by atoms with E-state index in [1.54, 1.807) is 19.1 Å². The smallest absolute Gasteiger partial charge is 0.233 e. The zero-order chi connectivity index (χ0) is 21.1. The molecule has 1 unspecified atom stereocenters. The first-order valence-electron chi connectivity index (χ1n) is 10.1. The number of fused-ring (bicyclic) bond motifs is 1. The van der Waals surface area contributed by atoms with Crippen LogP contribution in [-0.2, 0) is 16.0 Å². The van der Waals surface area contributed by atoms with Gasteiger partial charge in [0.25, 0.3) is 0 Å². The molecule has 1 aromatic heterocycles. The Labute approximate surface area is 180 Å². The van der Waals surface area contributed by atoms with E-state index < -0.39 is 0 Å². The predicted molar refractivity (Wildman–Crippen MR) is 119 cm³/mol. The van der Waals surface area contributed by atoms with Gasteiger partial charge in [0.05, 0.1) is 43.5 Å². The average Bonchev–Trinajstić information content (AvgIpc) is 3.40. The maximum absolute atomic E-state index is 13.3. The van der Waals surface area contributed by atoms with Crippen LogP contribution in [0, 0.1) is 6.92 Å². The number of aryl methyl sites for hydroxylation is 1. The molecule has 0 saturated carbocycles. The standard InChI is InChI=1S/C23H26N2O4S/c1-15-11-16(6-9-20(15)28-3)12-22(26)25(14-18-5-4-10-29-18)23-24-19-8-7-17(27-2)13-21(19)30-23/h6-9,11,13,18H,4-5,10,12,14H2,1-3H3. The molecule has 30 heavy (non-hydrogen) atoms. The van der Waals surface area contributed by atoms with E-state index in [4.69, 9.17) is 19.2 Å². The summed E-state index contributed by atoms with van der Waals surface area (Å²) < 4.78 is 17.5. The first-order chi connectivity index (χ1) is 14.6. The Balaban J connectivity index is 1.61. The number of thiazole rings is 1. The minimum absolute atomic E-state index is 0.0149. The van der Waals surface area contributed by atoms with E-state index in [2.05, 4.69) is 0 Å². The van der Waals surface area contributed by atoms with Gasteiger partial charge < -0.3 is 14.2 Å². The summed E-state index contributed by atoms with van der Waals surface area (Å²) in [6.07, 6.45) is 2.34. The number of amides is 1. The molecule has 0 N–H and O–H groups in total. The second-order valence-corrected chi connectivity index (χ2v) is 8.46. The highest BCUT2D eigenvalue weighted by Crippen LogP contribution is 2.32. The van der Waals surface area contributed by atoms with Gasteiger partial charge in [0.2, 0.25) is 5.91 Å². The third-order valence-corrected chi connectivity index (χ3v) is 6.38. The molecule has 6 nitrogen and oxygen atoms in total. The molecule has 0 radical (unpaired) electrons. The molecule has 0 spiro atoms. The van der Waals surface area contributed by atoms with Crippen molar-refractivity contribution in [2.24, 2.45) is 0 Å². The number of rotatable bonds is 7. The molecule has 7 heteroatoms. The van der Waals surface area contributed by atoms with Crippen LogP contribution in [0.4, 0.5) is 5.13 Å². The van der Waals surface area contributed by atoms with Gasteiger partial charge in [-0.2, -0.15) is 0 Å². The van der Waals surface area contributed by atoms with Crippen LogP contribution in [0.2, 0.25) is 0 Å². The number of carbonyl (C=O) groups is 1. The number of hydrogen-bond acceptors (Lipinski definition) is 6. The zero-order valence-corrected chi connectivity index (χ0v) is 18.3. The quantitative estimate of drug-likeness (QED) is 0.561. The van der Waals surface area contributed by atoms with Crippen molar-refractivity contribution >= 4 is 32.6 Å². The van der Waals surface area contributed by atoms with Gasteiger partial charge in [0, 0.05) is 6.61 Å². The maximum atomic E-state index is 13.3. The van der Waals surface area contributed by atoms with Gasteiger partial charge in [-0.1, -0.05) is 23.5 Å². The van der Waals surface area contributed by atoms with Crippen molar-refractivity contribution in [3.8, 4) is 11.5 Å². The molecule has 1 fully saturated rings. The van der Waals surface area contributed by atoms with Crippen molar-refractivity contribution in [1.29, 1.82) is 0 Å². The molecule has 4 rings (SSSR count). The molecule has 3 aromatic rings. The van der Waals surface area contributed by atoms with Crippen molar-refractivity contribution in [1.82, 2.24) is 4.98 Å². The Morgan fingerprint density at radius 2 is 2.10 bits per heavy atom. The maximum Gasteiger partial charge on any atom is 0.233 e. The van der Waals surface area contributed by atoms with Crippen molar-refractivity contribution < 1.29 is 19.0 Å². The molecule has 0 bridgehead atoms. The SMILES string of the molecule is COc1ccc2nc(N(CC3CCCO3)C(=O)Cc3ccc(OC)c(C)c3)sc2c1.